The number of benzene rings is 1. The van der Waals surface area contributed by atoms with Gasteiger partial charge in [0.25, 0.3) is 0 Å². The molecule has 1 heterocycles. The molecule has 1 saturated heterocycles. The summed E-state index contributed by atoms with van der Waals surface area (Å²) in [5.74, 6) is -0.166. The Balaban J connectivity index is 2.01. The molecule has 0 radical (unpaired) electrons. The fourth-order valence-corrected chi connectivity index (χ4v) is 3.08. The van der Waals surface area contributed by atoms with Crippen LogP contribution in [0.2, 0.25) is 0 Å². The zero-order valence-electron chi connectivity index (χ0n) is 13.3. The summed E-state index contributed by atoms with van der Waals surface area (Å²) in [6.07, 6.45) is 1.10. The van der Waals surface area contributed by atoms with E-state index >= 15 is 0 Å². The van der Waals surface area contributed by atoms with Gasteiger partial charge in [0.05, 0.1) is 12.1 Å². The minimum absolute atomic E-state index is 0.144. The van der Waals surface area contributed by atoms with Crippen molar-refractivity contribution < 1.29 is 14.3 Å². The second kappa shape index (κ2) is 7.70. The summed E-state index contributed by atoms with van der Waals surface area (Å²) in [5, 5.41) is 10.3. The van der Waals surface area contributed by atoms with E-state index in [0.29, 0.717) is 25.2 Å². The molecule has 0 spiro atoms. The fraction of sp³-hybridized carbons (Fsp3) is 0.588. The highest BCUT2D eigenvalue weighted by Crippen LogP contribution is 2.23. The van der Waals surface area contributed by atoms with Crippen LogP contribution in [0.15, 0.2) is 24.3 Å². The number of likely N-dealkylation sites (tertiary alicyclic amines) is 1. The lowest BCUT2D eigenvalue weighted by Gasteiger charge is -2.30. The van der Waals surface area contributed by atoms with E-state index in [9.17, 15) is 14.3 Å². The lowest BCUT2D eigenvalue weighted by Crippen LogP contribution is -2.46. The first-order valence-corrected chi connectivity index (χ1v) is 8.03. The number of carbonyl (C=O) groups is 1. The number of likely N-dealkylation sites (N-methyl/N-ethyl adjacent to an activating group) is 1. The van der Waals surface area contributed by atoms with Crippen molar-refractivity contribution in [3.05, 3.63) is 35.6 Å². The van der Waals surface area contributed by atoms with Crippen LogP contribution in [-0.2, 0) is 4.79 Å². The summed E-state index contributed by atoms with van der Waals surface area (Å²) < 4.78 is 12.9. The molecule has 2 rings (SSSR count). The highest BCUT2D eigenvalue weighted by molar-refractivity contribution is 5.82. The van der Waals surface area contributed by atoms with Crippen LogP contribution in [0.3, 0.4) is 0 Å². The van der Waals surface area contributed by atoms with Gasteiger partial charge >= 0.3 is 0 Å². The summed E-state index contributed by atoms with van der Waals surface area (Å²) in [5.41, 5.74) is 0.683. The first kappa shape index (κ1) is 16.9. The molecule has 1 fully saturated rings. The maximum Gasteiger partial charge on any atom is 0.239 e. The van der Waals surface area contributed by atoms with Crippen molar-refractivity contribution >= 4 is 5.91 Å². The van der Waals surface area contributed by atoms with Crippen molar-refractivity contribution in [2.45, 2.75) is 38.8 Å². The Hall–Kier alpha value is -1.46. The molecule has 1 aliphatic rings. The van der Waals surface area contributed by atoms with Crippen LogP contribution >= 0.6 is 0 Å². The van der Waals surface area contributed by atoms with Crippen LogP contribution in [0.5, 0.6) is 0 Å². The van der Waals surface area contributed by atoms with E-state index in [1.54, 1.807) is 12.1 Å². The summed E-state index contributed by atoms with van der Waals surface area (Å²) in [7, 11) is 0. The number of nitrogens with zero attached hydrogens (tertiary/aromatic N) is 2. The van der Waals surface area contributed by atoms with Gasteiger partial charge in [0.15, 0.2) is 0 Å². The Labute approximate surface area is 131 Å². The summed E-state index contributed by atoms with van der Waals surface area (Å²) in [6.45, 7) is 6.60. The standard InChI is InChI=1S/C17H25FN2O2/c1-3-19(4-2)17(22)15-6-5-11-20(15)12-16(21)13-7-9-14(18)10-8-13/h7-10,15-16,21H,3-6,11-12H2,1-2H3. The molecule has 0 aromatic heterocycles. The van der Waals surface area contributed by atoms with E-state index < -0.39 is 6.10 Å². The van der Waals surface area contributed by atoms with Crippen LogP contribution < -0.4 is 0 Å². The normalized spacial score (nSPS) is 20.1. The number of aliphatic hydroxyl groups excluding tert-OH is 1. The van der Waals surface area contributed by atoms with Gasteiger partial charge in [-0.3, -0.25) is 9.69 Å². The van der Waals surface area contributed by atoms with Gasteiger partial charge in [-0.2, -0.15) is 0 Å². The topological polar surface area (TPSA) is 43.8 Å². The predicted octanol–water partition coefficient (Wildman–Crippen LogP) is 2.19. The smallest absolute Gasteiger partial charge is 0.239 e. The van der Waals surface area contributed by atoms with Gasteiger partial charge < -0.3 is 10.0 Å². The quantitative estimate of drug-likeness (QED) is 0.876. The van der Waals surface area contributed by atoms with Crippen molar-refractivity contribution in [3.63, 3.8) is 0 Å². The number of amides is 1. The molecular weight excluding hydrogens is 283 g/mol. The van der Waals surface area contributed by atoms with Crippen molar-refractivity contribution in [1.29, 1.82) is 0 Å². The van der Waals surface area contributed by atoms with Crippen LogP contribution in [0, 0.1) is 5.82 Å². The third-order valence-electron chi connectivity index (χ3n) is 4.39. The summed E-state index contributed by atoms with van der Waals surface area (Å²) in [6, 6.07) is 5.74. The molecule has 1 N–H and O–H groups in total. The largest absolute Gasteiger partial charge is 0.387 e. The lowest BCUT2D eigenvalue weighted by atomic mass is 10.1. The van der Waals surface area contributed by atoms with Gasteiger partial charge in [-0.25, -0.2) is 4.39 Å². The molecule has 0 bridgehead atoms. The van der Waals surface area contributed by atoms with Crippen LogP contribution in [0.4, 0.5) is 4.39 Å². The van der Waals surface area contributed by atoms with Gasteiger partial charge in [-0.15, -0.1) is 0 Å². The Bertz CT molecular complexity index is 488. The van der Waals surface area contributed by atoms with Crippen molar-refractivity contribution in [1.82, 2.24) is 9.80 Å². The lowest BCUT2D eigenvalue weighted by molar-refractivity contribution is -0.136. The minimum atomic E-state index is -0.703. The van der Waals surface area contributed by atoms with Crippen LogP contribution in [0.1, 0.15) is 38.4 Å². The number of hydrogen-bond acceptors (Lipinski definition) is 3. The van der Waals surface area contributed by atoms with Crippen LogP contribution in [-0.4, -0.2) is 53.0 Å². The zero-order chi connectivity index (χ0) is 16.1. The molecule has 0 aliphatic carbocycles. The van der Waals surface area contributed by atoms with Gasteiger partial charge in [0.1, 0.15) is 5.82 Å². The molecule has 4 nitrogen and oxygen atoms in total. The van der Waals surface area contributed by atoms with Gasteiger partial charge in [-0.05, 0) is 50.9 Å². The molecule has 1 aliphatic heterocycles. The number of halogens is 1. The van der Waals surface area contributed by atoms with Crippen LogP contribution in [0.25, 0.3) is 0 Å². The van der Waals surface area contributed by atoms with E-state index in [1.165, 1.54) is 12.1 Å². The number of hydrogen-bond donors (Lipinski definition) is 1. The number of aliphatic hydroxyl groups is 1. The molecule has 2 unspecified atom stereocenters. The van der Waals surface area contributed by atoms with Crippen molar-refractivity contribution in [2.24, 2.45) is 0 Å². The minimum Gasteiger partial charge on any atom is -0.387 e. The molecule has 1 aromatic carbocycles. The molecule has 22 heavy (non-hydrogen) atoms. The first-order valence-electron chi connectivity index (χ1n) is 8.03. The van der Waals surface area contributed by atoms with E-state index in [2.05, 4.69) is 4.90 Å². The third-order valence-corrected chi connectivity index (χ3v) is 4.39. The average Bonchev–Trinajstić information content (AvgIpc) is 2.97. The Morgan fingerprint density at radius 2 is 2.00 bits per heavy atom. The number of β-amino-alcohol motifs (C(OH)–C–C–N with tert-alkyl or cyclic N) is 1. The second-order valence-corrected chi connectivity index (χ2v) is 5.73. The predicted molar refractivity (Wildman–Crippen MR) is 83.9 cm³/mol. The zero-order valence-corrected chi connectivity index (χ0v) is 13.3. The molecule has 0 saturated carbocycles. The maximum absolute atomic E-state index is 12.9. The summed E-state index contributed by atoms with van der Waals surface area (Å²) in [4.78, 5) is 16.4. The Kier molecular flexibility index (Phi) is 5.91. The Morgan fingerprint density at radius 1 is 1.36 bits per heavy atom. The molecule has 122 valence electrons. The van der Waals surface area contributed by atoms with Gasteiger partial charge in [0, 0.05) is 19.6 Å². The number of carbonyl (C=O) groups excluding carboxylic acids is 1. The molecule has 1 aromatic rings. The maximum atomic E-state index is 12.9. The molecule has 1 amide bonds. The van der Waals surface area contributed by atoms with E-state index in [4.69, 9.17) is 0 Å². The first-order chi connectivity index (χ1) is 10.6. The van der Waals surface area contributed by atoms with E-state index in [-0.39, 0.29) is 17.8 Å². The molecular formula is C17H25FN2O2. The van der Waals surface area contributed by atoms with Crippen molar-refractivity contribution in [2.75, 3.05) is 26.2 Å². The van der Waals surface area contributed by atoms with E-state index in [1.807, 2.05) is 18.7 Å². The number of rotatable bonds is 6. The Morgan fingerprint density at radius 3 is 2.59 bits per heavy atom. The van der Waals surface area contributed by atoms with Crippen molar-refractivity contribution in [3.8, 4) is 0 Å². The highest BCUT2D eigenvalue weighted by Gasteiger charge is 2.33. The summed E-state index contributed by atoms with van der Waals surface area (Å²) >= 11 is 0. The van der Waals surface area contributed by atoms with Gasteiger partial charge in [-0.1, -0.05) is 12.1 Å². The second-order valence-electron chi connectivity index (χ2n) is 5.73. The molecule has 5 heteroatoms. The van der Waals surface area contributed by atoms with E-state index in [0.717, 1.165) is 19.4 Å². The van der Waals surface area contributed by atoms with Gasteiger partial charge in [0.2, 0.25) is 5.91 Å². The molecule has 2 atom stereocenters. The monoisotopic (exact) mass is 308 g/mol. The fourth-order valence-electron chi connectivity index (χ4n) is 3.08. The average molecular weight is 308 g/mol. The highest BCUT2D eigenvalue weighted by atomic mass is 19.1. The third kappa shape index (κ3) is 3.84. The SMILES string of the molecule is CCN(CC)C(=O)C1CCCN1CC(O)c1ccc(F)cc1.